The number of nitrogens with one attached hydrogen (secondary N) is 3. The summed E-state index contributed by atoms with van der Waals surface area (Å²) < 4.78 is 0. The molecule has 0 aliphatic heterocycles. The molecule has 0 fully saturated rings. The highest BCUT2D eigenvalue weighted by Gasteiger charge is 2.31. The van der Waals surface area contributed by atoms with E-state index in [-0.39, 0.29) is 37.5 Å². The second-order valence-electron chi connectivity index (χ2n) is 8.30. The fourth-order valence-electron chi connectivity index (χ4n) is 3.16. The molecule has 16 heteroatoms. The highest BCUT2D eigenvalue weighted by atomic mass is 16.4. The lowest BCUT2D eigenvalue weighted by Crippen LogP contribution is -2.58. The molecule has 38 heavy (non-hydrogen) atoms. The minimum Gasteiger partial charge on any atom is -0.508 e. The average molecular weight is 539 g/mol. The van der Waals surface area contributed by atoms with Crippen molar-refractivity contribution in [3.63, 3.8) is 0 Å². The third-order valence-electron chi connectivity index (χ3n) is 5.14. The molecule has 0 radical (unpaired) electrons. The number of aliphatic imine (C=N–C) groups is 1. The Balaban J connectivity index is 3.03. The van der Waals surface area contributed by atoms with Gasteiger partial charge in [-0.25, -0.2) is 4.79 Å². The first kappa shape index (κ1) is 31.6. The number of hydrogen-bond acceptors (Lipinski definition) is 9. The lowest BCUT2D eigenvalue weighted by atomic mass is 10.0. The van der Waals surface area contributed by atoms with E-state index in [0.717, 1.165) is 0 Å². The zero-order chi connectivity index (χ0) is 28.8. The normalized spacial score (nSPS) is 13.7. The first-order valence-electron chi connectivity index (χ1n) is 11.5. The first-order valence-corrected chi connectivity index (χ1v) is 11.5. The van der Waals surface area contributed by atoms with Crippen molar-refractivity contribution in [2.24, 2.45) is 27.9 Å². The largest absolute Gasteiger partial charge is 0.508 e. The summed E-state index contributed by atoms with van der Waals surface area (Å²) >= 11 is 0. The van der Waals surface area contributed by atoms with E-state index in [1.807, 2.05) is 0 Å². The van der Waals surface area contributed by atoms with Crippen molar-refractivity contribution >= 4 is 35.6 Å². The predicted molar refractivity (Wildman–Crippen MR) is 134 cm³/mol. The van der Waals surface area contributed by atoms with Crippen LogP contribution in [0, 0.1) is 0 Å². The molecule has 1 aromatic rings. The Kier molecular flexibility index (Phi) is 13.0. The molecule has 0 saturated carbocycles. The number of aliphatic carboxylic acids is 1. The molecule has 0 aliphatic carbocycles. The molecule has 4 unspecified atom stereocenters. The van der Waals surface area contributed by atoms with Crippen molar-refractivity contribution in [3.05, 3.63) is 29.8 Å². The highest BCUT2D eigenvalue weighted by Crippen LogP contribution is 2.12. The number of carboxylic acids is 1. The number of nitrogens with zero attached hydrogens (tertiary/aromatic N) is 1. The number of aromatic hydroxyl groups is 1. The standard InChI is InChI=1S/C22H34N8O8/c23-13(10-31)18(34)28-14(2-1-7-27-22(25)26)19(35)29-15(9-17(24)33)20(36)30-16(21(37)38)8-11-3-5-12(32)6-4-11/h3-6,13-16,31-32H,1-2,7-10,23H2,(H2,24,33)(H,28,34)(H,29,35)(H,30,36)(H,37,38)(H4,25,26,27). The number of carbonyl (C=O) groups excluding carboxylic acids is 4. The van der Waals surface area contributed by atoms with Crippen LogP contribution in [0.2, 0.25) is 0 Å². The van der Waals surface area contributed by atoms with Crippen LogP contribution in [0.15, 0.2) is 29.3 Å². The van der Waals surface area contributed by atoms with Crippen molar-refractivity contribution in [2.75, 3.05) is 13.2 Å². The van der Waals surface area contributed by atoms with E-state index in [4.69, 9.17) is 28.0 Å². The Labute approximate surface area is 217 Å². The number of aliphatic hydroxyl groups is 1. The SMILES string of the molecule is NC(=O)CC(NC(=O)C(CCCN=C(N)N)NC(=O)C(N)CO)C(=O)NC(Cc1ccc(O)cc1)C(=O)O. The number of phenolic OH excluding ortho intramolecular Hbond substituents is 1. The zero-order valence-corrected chi connectivity index (χ0v) is 20.5. The molecule has 1 aromatic carbocycles. The molecule has 16 nitrogen and oxygen atoms in total. The van der Waals surface area contributed by atoms with E-state index in [2.05, 4.69) is 20.9 Å². The number of primary amides is 1. The Morgan fingerprint density at radius 1 is 0.868 bits per heavy atom. The molecule has 1 rings (SSSR count). The van der Waals surface area contributed by atoms with Crippen LogP contribution >= 0.6 is 0 Å². The van der Waals surface area contributed by atoms with Crippen LogP contribution in [0.3, 0.4) is 0 Å². The number of hydrogen-bond donors (Lipinski definition) is 10. The number of carbonyl (C=O) groups is 5. The van der Waals surface area contributed by atoms with Gasteiger partial charge in [-0.3, -0.25) is 24.2 Å². The molecule has 0 aromatic heterocycles. The van der Waals surface area contributed by atoms with Crippen LogP contribution < -0.4 is 38.9 Å². The quantitative estimate of drug-likeness (QED) is 0.0545. The Bertz CT molecular complexity index is 1010. The van der Waals surface area contributed by atoms with E-state index in [9.17, 15) is 34.2 Å². The Morgan fingerprint density at radius 2 is 1.42 bits per heavy atom. The van der Waals surface area contributed by atoms with E-state index < -0.39 is 66.8 Å². The molecular weight excluding hydrogens is 504 g/mol. The van der Waals surface area contributed by atoms with Gasteiger partial charge in [0.25, 0.3) is 0 Å². The maximum absolute atomic E-state index is 13.0. The zero-order valence-electron chi connectivity index (χ0n) is 20.5. The minimum atomic E-state index is -1.58. The fraction of sp³-hybridized carbons (Fsp3) is 0.455. The number of carboxylic acid groups (broad SMARTS) is 1. The van der Waals surface area contributed by atoms with Gasteiger partial charge in [0.1, 0.15) is 29.9 Å². The van der Waals surface area contributed by atoms with Gasteiger partial charge >= 0.3 is 5.97 Å². The summed E-state index contributed by atoms with van der Waals surface area (Å²) in [4.78, 5) is 65.1. The van der Waals surface area contributed by atoms with Crippen molar-refractivity contribution in [3.8, 4) is 5.75 Å². The Morgan fingerprint density at radius 3 is 1.95 bits per heavy atom. The molecule has 210 valence electrons. The lowest BCUT2D eigenvalue weighted by Gasteiger charge is -2.24. The molecule has 4 atom stereocenters. The van der Waals surface area contributed by atoms with Gasteiger partial charge in [-0.15, -0.1) is 0 Å². The summed E-state index contributed by atoms with van der Waals surface area (Å²) in [5.74, 6) is -5.35. The number of guanidine groups is 1. The average Bonchev–Trinajstić information content (AvgIpc) is 2.84. The molecule has 0 spiro atoms. The summed E-state index contributed by atoms with van der Waals surface area (Å²) in [5, 5.41) is 34.9. The molecular formula is C22H34N8O8. The van der Waals surface area contributed by atoms with Crippen molar-refractivity contribution < 1.29 is 39.3 Å². The number of benzene rings is 1. The molecule has 0 bridgehead atoms. The Hall–Kier alpha value is -4.44. The molecule has 0 saturated heterocycles. The molecule has 14 N–H and O–H groups in total. The topological polar surface area (TPSA) is 299 Å². The number of rotatable bonds is 16. The maximum Gasteiger partial charge on any atom is 0.326 e. The number of amides is 4. The van der Waals surface area contributed by atoms with Gasteiger partial charge in [0, 0.05) is 13.0 Å². The molecule has 0 heterocycles. The third kappa shape index (κ3) is 11.5. The van der Waals surface area contributed by atoms with Gasteiger partial charge in [-0.1, -0.05) is 12.1 Å². The molecule has 4 amide bonds. The van der Waals surface area contributed by atoms with Crippen LogP contribution in [0.25, 0.3) is 0 Å². The van der Waals surface area contributed by atoms with E-state index in [1.165, 1.54) is 24.3 Å². The monoisotopic (exact) mass is 538 g/mol. The number of nitrogens with two attached hydrogens (primary N) is 4. The summed E-state index contributed by atoms with van der Waals surface area (Å²) in [6.45, 7) is -0.588. The first-order chi connectivity index (χ1) is 17.8. The number of aliphatic hydroxyl groups excluding tert-OH is 1. The molecule has 0 aliphatic rings. The number of phenols is 1. The van der Waals surface area contributed by atoms with Crippen molar-refractivity contribution in [1.82, 2.24) is 16.0 Å². The van der Waals surface area contributed by atoms with Crippen LogP contribution in [-0.2, 0) is 30.4 Å². The van der Waals surface area contributed by atoms with Gasteiger partial charge in [-0.2, -0.15) is 0 Å². The predicted octanol–water partition coefficient (Wildman–Crippen LogP) is -4.28. The second-order valence-corrected chi connectivity index (χ2v) is 8.30. The fourth-order valence-corrected chi connectivity index (χ4v) is 3.16. The summed E-state index contributed by atoms with van der Waals surface area (Å²) in [7, 11) is 0. The summed E-state index contributed by atoms with van der Waals surface area (Å²) in [6.07, 6.45) is -0.643. The van der Waals surface area contributed by atoms with Gasteiger partial charge in [-0.05, 0) is 30.5 Å². The van der Waals surface area contributed by atoms with Gasteiger partial charge in [0.2, 0.25) is 23.6 Å². The minimum absolute atomic E-state index is 0.0178. The lowest BCUT2D eigenvalue weighted by molar-refractivity contribution is -0.142. The van der Waals surface area contributed by atoms with E-state index >= 15 is 0 Å². The third-order valence-corrected chi connectivity index (χ3v) is 5.14. The van der Waals surface area contributed by atoms with Crippen LogP contribution in [0.4, 0.5) is 0 Å². The second kappa shape index (κ2) is 15.6. The van der Waals surface area contributed by atoms with Gasteiger partial charge in [0.05, 0.1) is 13.0 Å². The maximum atomic E-state index is 13.0. The van der Waals surface area contributed by atoms with Crippen LogP contribution in [0.5, 0.6) is 5.75 Å². The summed E-state index contributed by atoms with van der Waals surface area (Å²) in [6, 6.07) is -0.0111. The van der Waals surface area contributed by atoms with Crippen LogP contribution in [0.1, 0.15) is 24.8 Å². The van der Waals surface area contributed by atoms with Crippen LogP contribution in [-0.4, -0.2) is 88.2 Å². The van der Waals surface area contributed by atoms with E-state index in [1.54, 1.807) is 0 Å². The van der Waals surface area contributed by atoms with Crippen molar-refractivity contribution in [2.45, 2.75) is 49.9 Å². The van der Waals surface area contributed by atoms with Gasteiger partial charge < -0.3 is 54.2 Å². The summed E-state index contributed by atoms with van der Waals surface area (Å²) in [5.41, 5.74) is 21.7. The van der Waals surface area contributed by atoms with Gasteiger partial charge in [0.15, 0.2) is 5.96 Å². The van der Waals surface area contributed by atoms with E-state index in [0.29, 0.717) is 5.56 Å². The van der Waals surface area contributed by atoms with Crippen molar-refractivity contribution in [1.29, 1.82) is 0 Å². The highest BCUT2D eigenvalue weighted by molar-refractivity contribution is 5.96. The smallest absolute Gasteiger partial charge is 0.326 e.